The molecule has 2 rings (SSSR count). The van der Waals surface area contributed by atoms with Gasteiger partial charge in [-0.25, -0.2) is 0 Å². The summed E-state index contributed by atoms with van der Waals surface area (Å²) in [4.78, 5) is 1.97. The lowest BCUT2D eigenvalue weighted by Gasteiger charge is -2.19. The van der Waals surface area contributed by atoms with Crippen molar-refractivity contribution < 1.29 is 14.4 Å². The van der Waals surface area contributed by atoms with Gasteiger partial charge in [0.1, 0.15) is 18.5 Å². The Morgan fingerprint density at radius 2 is 2.10 bits per heavy atom. The van der Waals surface area contributed by atoms with Gasteiger partial charge in [0, 0.05) is 12.6 Å². The van der Waals surface area contributed by atoms with Crippen LogP contribution in [0.25, 0.3) is 0 Å². The molecular weight excluding hydrogens is 256 g/mol. The van der Waals surface area contributed by atoms with Gasteiger partial charge in [-0.15, -0.1) is 0 Å². The first-order valence-electron chi connectivity index (χ1n) is 6.60. The Kier molecular flexibility index (Phi) is 5.15. The number of para-hydroxylation sites is 1. The molecule has 5 heteroatoms. The largest absolute Gasteiger partial charge is 0.491 e. The van der Waals surface area contributed by atoms with Crippen LogP contribution in [0, 0.1) is 6.92 Å². The quantitative estimate of drug-likeness (QED) is 0.836. The van der Waals surface area contributed by atoms with Gasteiger partial charge in [0.2, 0.25) is 0 Å². The van der Waals surface area contributed by atoms with Crippen LogP contribution >= 0.6 is 0 Å². The van der Waals surface area contributed by atoms with Crippen molar-refractivity contribution in [2.24, 2.45) is 0 Å². The molecule has 5 nitrogen and oxygen atoms in total. The van der Waals surface area contributed by atoms with E-state index in [1.54, 1.807) is 0 Å². The molecule has 0 fully saturated rings. The first-order valence-corrected chi connectivity index (χ1v) is 6.60. The molecule has 1 heterocycles. The number of hydrogen-bond acceptors (Lipinski definition) is 5. The van der Waals surface area contributed by atoms with Crippen molar-refractivity contribution in [3.8, 4) is 5.75 Å². The molecule has 0 radical (unpaired) electrons. The second-order valence-corrected chi connectivity index (χ2v) is 4.91. The molecule has 0 bridgehead atoms. The molecule has 1 unspecified atom stereocenters. The van der Waals surface area contributed by atoms with E-state index in [2.05, 4.69) is 5.16 Å². The third-order valence-electron chi connectivity index (χ3n) is 2.81. The molecule has 1 aromatic carbocycles. The monoisotopic (exact) mass is 276 g/mol. The van der Waals surface area contributed by atoms with E-state index in [-0.39, 0.29) is 6.61 Å². The molecule has 108 valence electrons. The molecule has 0 aliphatic rings. The van der Waals surface area contributed by atoms with Gasteiger partial charge >= 0.3 is 0 Å². The first-order chi connectivity index (χ1) is 9.63. The Balaban J connectivity index is 1.72. The Morgan fingerprint density at radius 3 is 2.75 bits per heavy atom. The highest BCUT2D eigenvalue weighted by Crippen LogP contribution is 2.09. The number of aliphatic hydroxyl groups is 1. The zero-order valence-electron chi connectivity index (χ0n) is 11.8. The summed E-state index contributed by atoms with van der Waals surface area (Å²) < 4.78 is 10.7. The fourth-order valence-corrected chi connectivity index (χ4v) is 1.94. The van der Waals surface area contributed by atoms with Crippen LogP contribution < -0.4 is 4.74 Å². The average molecular weight is 276 g/mol. The minimum atomic E-state index is -0.552. The van der Waals surface area contributed by atoms with Gasteiger partial charge in [0.15, 0.2) is 5.76 Å². The van der Waals surface area contributed by atoms with Crippen LogP contribution in [-0.4, -0.2) is 41.5 Å². The van der Waals surface area contributed by atoms with Crippen molar-refractivity contribution >= 4 is 0 Å². The van der Waals surface area contributed by atoms with Crippen molar-refractivity contribution in [3.63, 3.8) is 0 Å². The van der Waals surface area contributed by atoms with Gasteiger partial charge in [-0.05, 0) is 26.1 Å². The molecule has 1 N–H and O–H groups in total. The van der Waals surface area contributed by atoms with E-state index in [4.69, 9.17) is 9.26 Å². The molecular formula is C15H20N2O3. The number of aliphatic hydroxyl groups excluding tert-OH is 1. The van der Waals surface area contributed by atoms with E-state index < -0.39 is 6.10 Å². The molecule has 0 amide bonds. The summed E-state index contributed by atoms with van der Waals surface area (Å²) in [5.74, 6) is 1.56. The van der Waals surface area contributed by atoms with E-state index >= 15 is 0 Å². The molecule has 0 saturated carbocycles. The van der Waals surface area contributed by atoms with Gasteiger partial charge in [-0.3, -0.25) is 4.90 Å². The van der Waals surface area contributed by atoms with Crippen LogP contribution in [0.15, 0.2) is 40.9 Å². The van der Waals surface area contributed by atoms with Crippen molar-refractivity contribution in [2.75, 3.05) is 20.2 Å². The topological polar surface area (TPSA) is 58.7 Å². The summed E-state index contributed by atoms with van der Waals surface area (Å²) in [6.45, 7) is 3.27. The predicted octanol–water partition coefficient (Wildman–Crippen LogP) is 1.85. The van der Waals surface area contributed by atoms with Gasteiger partial charge in [-0.2, -0.15) is 0 Å². The number of likely N-dealkylation sites (N-methyl/N-ethyl adjacent to an activating group) is 1. The van der Waals surface area contributed by atoms with Gasteiger partial charge in [0.25, 0.3) is 0 Å². The highest BCUT2D eigenvalue weighted by molar-refractivity contribution is 5.20. The minimum Gasteiger partial charge on any atom is -0.491 e. The van der Waals surface area contributed by atoms with Crippen LogP contribution in [0.2, 0.25) is 0 Å². The molecule has 20 heavy (non-hydrogen) atoms. The minimum absolute atomic E-state index is 0.268. The van der Waals surface area contributed by atoms with Crippen LogP contribution in [0.4, 0.5) is 0 Å². The Labute approximate surface area is 118 Å². The van der Waals surface area contributed by atoms with E-state index in [1.165, 1.54) is 0 Å². The third-order valence-corrected chi connectivity index (χ3v) is 2.81. The molecule has 0 aliphatic carbocycles. The van der Waals surface area contributed by atoms with Crippen LogP contribution in [0.5, 0.6) is 5.75 Å². The smallest absolute Gasteiger partial charge is 0.150 e. The summed E-state index contributed by atoms with van der Waals surface area (Å²) in [7, 11) is 1.92. The number of ether oxygens (including phenoxy) is 1. The number of aryl methyl sites for hydroxylation is 1. The first kappa shape index (κ1) is 14.6. The lowest BCUT2D eigenvalue weighted by Crippen LogP contribution is -2.32. The summed E-state index contributed by atoms with van der Waals surface area (Å²) in [6, 6.07) is 11.4. The molecule has 0 aliphatic heterocycles. The van der Waals surface area contributed by atoms with Gasteiger partial charge < -0.3 is 14.4 Å². The number of benzene rings is 1. The molecule has 2 aromatic rings. The molecule has 0 saturated heterocycles. The van der Waals surface area contributed by atoms with E-state index in [9.17, 15) is 5.11 Å². The lowest BCUT2D eigenvalue weighted by atomic mass is 10.3. The summed E-state index contributed by atoms with van der Waals surface area (Å²) in [6.07, 6.45) is -0.552. The van der Waals surface area contributed by atoms with E-state index in [0.29, 0.717) is 13.1 Å². The fraction of sp³-hybridized carbons (Fsp3) is 0.400. The van der Waals surface area contributed by atoms with Crippen molar-refractivity contribution in [3.05, 3.63) is 47.9 Å². The number of aromatic nitrogens is 1. The summed E-state index contributed by atoms with van der Waals surface area (Å²) >= 11 is 0. The second kappa shape index (κ2) is 7.07. The SMILES string of the molecule is Cc1cc(CN(C)CC(O)COc2ccccc2)on1. The van der Waals surface area contributed by atoms with E-state index in [0.717, 1.165) is 17.2 Å². The van der Waals surface area contributed by atoms with Gasteiger partial charge in [-0.1, -0.05) is 23.4 Å². The third kappa shape index (κ3) is 4.68. The lowest BCUT2D eigenvalue weighted by molar-refractivity contribution is 0.0719. The number of hydrogen-bond donors (Lipinski definition) is 1. The zero-order valence-corrected chi connectivity index (χ0v) is 11.8. The summed E-state index contributed by atoms with van der Waals surface area (Å²) in [5, 5.41) is 13.8. The van der Waals surface area contributed by atoms with Crippen LogP contribution in [0.3, 0.4) is 0 Å². The Bertz CT molecular complexity index is 513. The maximum absolute atomic E-state index is 9.95. The van der Waals surface area contributed by atoms with Crippen LogP contribution in [-0.2, 0) is 6.54 Å². The number of rotatable bonds is 7. The van der Waals surface area contributed by atoms with Crippen molar-refractivity contribution in [1.29, 1.82) is 0 Å². The highest BCUT2D eigenvalue weighted by atomic mass is 16.5. The predicted molar refractivity (Wildman–Crippen MR) is 75.5 cm³/mol. The van der Waals surface area contributed by atoms with E-state index in [1.807, 2.05) is 55.3 Å². The maximum Gasteiger partial charge on any atom is 0.150 e. The van der Waals surface area contributed by atoms with Crippen molar-refractivity contribution in [1.82, 2.24) is 10.1 Å². The highest BCUT2D eigenvalue weighted by Gasteiger charge is 2.11. The Hall–Kier alpha value is -1.85. The number of nitrogens with zero attached hydrogens (tertiary/aromatic N) is 2. The summed E-state index contributed by atoms with van der Waals surface area (Å²) in [5.41, 5.74) is 0.862. The van der Waals surface area contributed by atoms with Crippen molar-refractivity contribution in [2.45, 2.75) is 19.6 Å². The Morgan fingerprint density at radius 1 is 1.35 bits per heavy atom. The molecule has 0 spiro atoms. The molecule has 1 aromatic heterocycles. The van der Waals surface area contributed by atoms with Gasteiger partial charge in [0.05, 0.1) is 12.2 Å². The molecule has 1 atom stereocenters. The average Bonchev–Trinajstić information content (AvgIpc) is 2.83. The van der Waals surface area contributed by atoms with Crippen LogP contribution in [0.1, 0.15) is 11.5 Å². The normalized spacial score (nSPS) is 12.6. The second-order valence-electron chi connectivity index (χ2n) is 4.91. The maximum atomic E-state index is 9.95. The standard InChI is InChI=1S/C15H20N2O3/c1-12-8-15(20-16-12)10-17(2)9-13(18)11-19-14-6-4-3-5-7-14/h3-8,13,18H,9-11H2,1-2H3. The zero-order chi connectivity index (χ0) is 14.4. The fourth-order valence-electron chi connectivity index (χ4n) is 1.94.